The number of phosphoric ester groups is 1. The zero-order chi connectivity index (χ0) is 44.6. The van der Waals surface area contributed by atoms with Crippen molar-refractivity contribution in [2.45, 2.75) is 153 Å². The molecule has 6 atom stereocenters. The molecule has 0 spiro atoms. The first-order valence-electron chi connectivity index (χ1n) is 22.3. The predicted octanol–water partition coefficient (Wildman–Crippen LogP) is 7.29. The summed E-state index contributed by atoms with van der Waals surface area (Å²) in [5, 5.41) is 41.7. The second kappa shape index (κ2) is 27.1. The number of unbranched alkanes of at least 4 members (excludes halogenated alkanes) is 16. The van der Waals surface area contributed by atoms with Gasteiger partial charge in [-0.2, -0.15) is 10.5 Å². The number of aliphatic hydroxyl groups excluding tert-OH is 2. The van der Waals surface area contributed by atoms with Crippen molar-refractivity contribution >= 4 is 32.0 Å². The summed E-state index contributed by atoms with van der Waals surface area (Å²) in [5.74, 6) is -0.0370. The fourth-order valence-corrected chi connectivity index (χ4v) is 8.58. The van der Waals surface area contributed by atoms with Gasteiger partial charge in [-0.05, 0) is 36.2 Å². The van der Waals surface area contributed by atoms with Gasteiger partial charge < -0.3 is 41.5 Å². The van der Waals surface area contributed by atoms with E-state index in [1.54, 1.807) is 35.0 Å². The number of nitriles is 2. The third kappa shape index (κ3) is 15.9. The second-order valence-electron chi connectivity index (χ2n) is 16.2. The van der Waals surface area contributed by atoms with E-state index in [1.807, 2.05) is 6.07 Å². The Balaban J connectivity index is 1.25. The second-order valence-corrected chi connectivity index (χ2v) is 17.6. The Morgan fingerprint density at radius 2 is 1.63 bits per heavy atom. The minimum Gasteiger partial charge on any atom is -0.390 e. The van der Waals surface area contributed by atoms with Gasteiger partial charge in [-0.15, -0.1) is 0 Å². The molecule has 0 saturated carbocycles. The molecule has 2 aromatic rings. The molecule has 342 valence electrons. The molecule has 8 N–H and O–H groups in total. The Morgan fingerprint density at radius 1 is 0.984 bits per heavy atom. The minimum absolute atomic E-state index is 0.159. The number of nitrogens with zero attached hydrogens (tertiary/aromatic N) is 6. The highest BCUT2D eigenvalue weighted by molar-refractivity contribution is 7.47. The van der Waals surface area contributed by atoms with Crippen LogP contribution in [0.1, 0.15) is 151 Å². The molecule has 1 saturated heterocycles. The number of benzene rings is 1. The van der Waals surface area contributed by atoms with Crippen LogP contribution in [0.2, 0.25) is 0 Å². The lowest BCUT2D eigenvalue weighted by Crippen LogP contribution is -2.45. The van der Waals surface area contributed by atoms with Gasteiger partial charge in [-0.3, -0.25) is 13.7 Å². The van der Waals surface area contributed by atoms with Crippen molar-refractivity contribution in [3.05, 3.63) is 52.8 Å². The number of hydrogen-bond donors (Lipinski definition) is 6. The van der Waals surface area contributed by atoms with Crippen LogP contribution in [0.4, 0.5) is 5.69 Å². The fraction of sp³-hybridized carbons (Fsp3) is 0.659. The quantitative estimate of drug-likeness (QED) is 0.0188. The van der Waals surface area contributed by atoms with Crippen LogP contribution >= 0.6 is 7.82 Å². The Labute approximate surface area is 366 Å². The van der Waals surface area contributed by atoms with Crippen LogP contribution in [0.25, 0.3) is 0 Å². The van der Waals surface area contributed by atoms with Crippen molar-refractivity contribution in [3.63, 3.8) is 0 Å². The fourth-order valence-electron chi connectivity index (χ4n) is 7.75. The van der Waals surface area contributed by atoms with Crippen molar-refractivity contribution in [1.82, 2.24) is 4.68 Å². The zero-order valence-electron chi connectivity index (χ0n) is 36.3. The molecule has 0 aliphatic carbocycles. The Morgan fingerprint density at radius 3 is 2.24 bits per heavy atom. The molecule has 1 unspecified atom stereocenters. The number of nitrogens with two attached hydrogens (primary N) is 2. The van der Waals surface area contributed by atoms with Crippen molar-refractivity contribution in [2.24, 2.45) is 32.4 Å². The number of aliphatic hydroxyl groups is 2. The number of rotatable bonds is 31. The third-order valence-electron chi connectivity index (χ3n) is 11.4. The third-order valence-corrected chi connectivity index (χ3v) is 12.3. The van der Waals surface area contributed by atoms with Crippen LogP contribution < -0.4 is 16.9 Å². The van der Waals surface area contributed by atoms with Gasteiger partial charge >= 0.3 is 7.82 Å². The number of fused-ring (bicyclic) bond motifs is 1. The van der Waals surface area contributed by atoms with Crippen LogP contribution in [-0.2, 0) is 29.7 Å². The lowest BCUT2D eigenvalue weighted by molar-refractivity contribution is -0.0751. The van der Waals surface area contributed by atoms with E-state index in [0.29, 0.717) is 29.1 Å². The number of ether oxygens (including phenoxy) is 2. The lowest BCUT2D eigenvalue weighted by Gasteiger charge is -2.26. The first kappa shape index (κ1) is 50.5. The highest BCUT2D eigenvalue weighted by atomic mass is 31.2. The van der Waals surface area contributed by atoms with Crippen LogP contribution in [0.5, 0.6) is 0 Å². The molecule has 1 aromatic heterocycles. The maximum absolute atomic E-state index is 13.2. The van der Waals surface area contributed by atoms with Gasteiger partial charge in [0.25, 0.3) is 0 Å². The molecule has 1 fully saturated rings. The molecule has 0 amide bonds. The monoisotopic (exact) mass is 881 g/mol. The zero-order valence-corrected chi connectivity index (χ0v) is 37.2. The molecule has 62 heavy (non-hydrogen) atoms. The van der Waals surface area contributed by atoms with Crippen LogP contribution in [0.15, 0.2) is 45.3 Å². The van der Waals surface area contributed by atoms with Crippen molar-refractivity contribution in [3.8, 4) is 12.1 Å². The van der Waals surface area contributed by atoms with Crippen LogP contribution in [0, 0.1) is 28.6 Å². The number of aromatic nitrogens is 1. The average Bonchev–Trinajstić information content (AvgIpc) is 3.82. The number of phosphoric acid groups is 1. The van der Waals surface area contributed by atoms with E-state index >= 15 is 0 Å². The summed E-state index contributed by atoms with van der Waals surface area (Å²) in [4.78, 5) is 22.8. The van der Waals surface area contributed by atoms with Crippen LogP contribution in [-0.4, -0.2) is 82.6 Å². The molecule has 18 heteroatoms. The standard InChI is InChI=1S/C44H68N9O8P/c1-2-3-4-5-6-7-8-9-10-11-12-13-14-15-16-17-18-19-35(27-58-26-34-20-21-37(36(24-34)25-45)50-32-49-31-47)28-59-62(56,57)60-30-44(29-46)42(55)40(54)41(61-44)38-22-23-39-43(48)51-33-52-53(38)39/h20-24,31-32,35,40-42,52,54-55H,2-19,26-28,30,33H2,1H3,(H2,48,51)(H,56,57)(H2,47,49,50)/t35-,40-,41-,42-,44+/m0/s1. The predicted molar refractivity (Wildman–Crippen MR) is 239 cm³/mol. The summed E-state index contributed by atoms with van der Waals surface area (Å²) in [5.41, 5.74) is 14.4. The van der Waals surface area contributed by atoms with E-state index in [9.17, 15) is 30.2 Å². The molecule has 1 aromatic carbocycles. The molecule has 4 rings (SSSR count). The van der Waals surface area contributed by atoms with E-state index in [0.717, 1.165) is 37.6 Å². The summed E-state index contributed by atoms with van der Waals surface area (Å²) in [6, 6.07) is 12.4. The molecule has 3 heterocycles. The summed E-state index contributed by atoms with van der Waals surface area (Å²) in [6.07, 6.45) is 19.8. The molecule has 2 aliphatic heterocycles. The largest absolute Gasteiger partial charge is 0.472 e. The van der Waals surface area contributed by atoms with Gasteiger partial charge in [-0.25, -0.2) is 19.5 Å². The Kier molecular flexibility index (Phi) is 22.1. The van der Waals surface area contributed by atoms with E-state index in [2.05, 4.69) is 33.4 Å². The molecule has 0 bridgehead atoms. The highest BCUT2D eigenvalue weighted by Gasteiger charge is 2.57. The smallest absolute Gasteiger partial charge is 0.390 e. The lowest BCUT2D eigenvalue weighted by atomic mass is 9.96. The Hall–Kier alpha value is -4.16. The van der Waals surface area contributed by atoms with E-state index < -0.39 is 38.3 Å². The first-order chi connectivity index (χ1) is 30.1. The topological polar surface area (TPSA) is 268 Å². The van der Waals surface area contributed by atoms with Gasteiger partial charge in [0.05, 0.1) is 43.1 Å². The maximum Gasteiger partial charge on any atom is 0.472 e. The minimum atomic E-state index is -4.80. The molecule has 0 radical (unpaired) electrons. The van der Waals surface area contributed by atoms with E-state index in [1.165, 1.54) is 89.8 Å². The molecular formula is C44H68N9O8P. The first-order valence-corrected chi connectivity index (χ1v) is 23.8. The molecular weight excluding hydrogens is 814 g/mol. The summed E-state index contributed by atoms with van der Waals surface area (Å²) < 4.78 is 37.5. The molecule has 17 nitrogen and oxygen atoms in total. The summed E-state index contributed by atoms with van der Waals surface area (Å²) in [6.45, 7) is 1.72. The normalized spacial score (nSPS) is 21.3. The number of amidine groups is 1. The van der Waals surface area contributed by atoms with Gasteiger partial charge in [0, 0.05) is 5.92 Å². The molecule has 2 aliphatic rings. The number of nitrogens with one attached hydrogen (secondary N) is 1. The summed E-state index contributed by atoms with van der Waals surface area (Å²) in [7, 11) is -4.80. The van der Waals surface area contributed by atoms with Crippen molar-refractivity contribution < 1.29 is 38.2 Å². The van der Waals surface area contributed by atoms with E-state index in [4.69, 9.17) is 30.0 Å². The van der Waals surface area contributed by atoms with Crippen LogP contribution in [0.3, 0.4) is 0 Å². The number of hydrogen-bond acceptors (Lipinski definition) is 13. The van der Waals surface area contributed by atoms with Gasteiger partial charge in [0.15, 0.2) is 0 Å². The van der Waals surface area contributed by atoms with E-state index in [-0.39, 0.29) is 38.2 Å². The van der Waals surface area contributed by atoms with Crippen molar-refractivity contribution in [2.75, 3.05) is 31.9 Å². The average molecular weight is 882 g/mol. The number of aliphatic imine (C=N–C) groups is 3. The maximum atomic E-state index is 13.2. The van der Waals surface area contributed by atoms with Crippen molar-refractivity contribution in [1.29, 1.82) is 10.5 Å². The van der Waals surface area contributed by atoms with Gasteiger partial charge in [0.1, 0.15) is 61.6 Å². The SMILES string of the molecule is CCCCCCCCCCCCCCCCCCC[C@@H](COCc1ccc(N=CN=CN)c(C#N)c1)COP(=O)(O)OC[C@@]1(C#N)O[C@@H](c2ccc3n2NCN=C3N)[C@H](O)[C@@H]1O. The Bertz CT molecular complexity index is 1880. The van der Waals surface area contributed by atoms with Gasteiger partial charge in [0.2, 0.25) is 5.60 Å². The highest BCUT2D eigenvalue weighted by Crippen LogP contribution is 2.48. The van der Waals surface area contributed by atoms with Gasteiger partial charge in [-0.1, -0.05) is 122 Å². The summed E-state index contributed by atoms with van der Waals surface area (Å²) >= 11 is 0.